The molecule has 0 aliphatic carbocycles. The molecule has 0 aromatic rings. The summed E-state index contributed by atoms with van der Waals surface area (Å²) in [7, 11) is 0. The van der Waals surface area contributed by atoms with Crippen LogP contribution in [0.15, 0.2) is 12.2 Å². The maximum absolute atomic E-state index is 3.80. The van der Waals surface area contributed by atoms with Gasteiger partial charge in [-0.15, -0.1) is 0 Å². The van der Waals surface area contributed by atoms with Gasteiger partial charge in [-0.25, -0.2) is 0 Å². The first-order valence-electron chi connectivity index (χ1n) is 2.62. The van der Waals surface area contributed by atoms with Crippen LogP contribution in [0, 0.1) is 0 Å². The molecule has 0 aromatic carbocycles. The lowest BCUT2D eigenvalue weighted by atomic mass is 10.2. The van der Waals surface area contributed by atoms with Gasteiger partial charge < -0.3 is 0 Å². The minimum absolute atomic E-state index is 0.435. The van der Waals surface area contributed by atoms with Gasteiger partial charge in [0.2, 0.25) is 0 Å². The molecule has 1 nitrogen and oxygen atoms in total. The lowest BCUT2D eigenvalue weighted by Crippen LogP contribution is -2.18. The predicted octanol–water partition coefficient (Wildman–Crippen LogP) is 1.82. The molecule has 0 saturated carbocycles. The van der Waals surface area contributed by atoms with Crippen molar-refractivity contribution in [3.05, 3.63) is 12.2 Å². The SMILES string of the molecule is C=C(C)C(C)NSC. The molecule has 0 spiro atoms. The second-order valence-electron chi connectivity index (χ2n) is 1.89. The molecular weight excluding hydrogens is 118 g/mol. The largest absolute Gasteiger partial charge is 0.257 e. The molecule has 0 heterocycles. The zero-order valence-corrected chi connectivity index (χ0v) is 6.51. The molecule has 0 saturated heterocycles. The molecule has 1 unspecified atom stereocenters. The molecule has 0 aliphatic heterocycles. The van der Waals surface area contributed by atoms with Crippen molar-refractivity contribution in [2.75, 3.05) is 6.26 Å². The molecule has 8 heavy (non-hydrogen) atoms. The van der Waals surface area contributed by atoms with Crippen LogP contribution in [0.5, 0.6) is 0 Å². The highest BCUT2D eigenvalue weighted by atomic mass is 32.2. The van der Waals surface area contributed by atoms with E-state index < -0.39 is 0 Å². The second-order valence-corrected chi connectivity index (χ2v) is 2.53. The average Bonchev–Trinajstić information content (AvgIpc) is 1.67. The molecule has 48 valence electrons. The van der Waals surface area contributed by atoms with Gasteiger partial charge in [-0.2, -0.15) is 0 Å². The summed E-state index contributed by atoms with van der Waals surface area (Å²) < 4.78 is 3.16. The van der Waals surface area contributed by atoms with Gasteiger partial charge in [0.05, 0.1) is 0 Å². The maximum atomic E-state index is 3.80. The minimum Gasteiger partial charge on any atom is -0.257 e. The van der Waals surface area contributed by atoms with Crippen LogP contribution in [0.1, 0.15) is 13.8 Å². The van der Waals surface area contributed by atoms with Crippen molar-refractivity contribution in [1.82, 2.24) is 4.72 Å². The Bertz CT molecular complexity index is 80.6. The number of rotatable bonds is 3. The third-order valence-electron chi connectivity index (χ3n) is 1.03. The first kappa shape index (κ1) is 8.05. The third kappa shape index (κ3) is 3.10. The molecule has 0 amide bonds. The van der Waals surface area contributed by atoms with E-state index in [9.17, 15) is 0 Å². The Morgan fingerprint density at radius 1 is 1.75 bits per heavy atom. The quantitative estimate of drug-likeness (QED) is 0.463. The summed E-state index contributed by atoms with van der Waals surface area (Å²) in [6, 6.07) is 0.435. The Kier molecular flexibility index (Phi) is 4.01. The van der Waals surface area contributed by atoms with Crippen molar-refractivity contribution in [2.24, 2.45) is 0 Å². The first-order chi connectivity index (χ1) is 3.68. The second kappa shape index (κ2) is 3.98. The van der Waals surface area contributed by atoms with E-state index in [1.54, 1.807) is 11.9 Å². The van der Waals surface area contributed by atoms with Crippen molar-refractivity contribution >= 4 is 11.9 Å². The molecule has 1 atom stereocenters. The molecule has 0 aliphatic rings. The topological polar surface area (TPSA) is 12.0 Å². The summed E-state index contributed by atoms with van der Waals surface area (Å²) in [5.41, 5.74) is 1.18. The molecular formula is C6H13NS. The molecule has 1 N–H and O–H groups in total. The van der Waals surface area contributed by atoms with Crippen LogP contribution in [0.3, 0.4) is 0 Å². The Balaban J connectivity index is 3.32. The third-order valence-corrected chi connectivity index (χ3v) is 1.62. The highest BCUT2D eigenvalue weighted by Gasteiger charge is 1.96. The fourth-order valence-electron chi connectivity index (χ4n) is 0.277. The van der Waals surface area contributed by atoms with E-state index >= 15 is 0 Å². The van der Waals surface area contributed by atoms with Gasteiger partial charge in [-0.05, 0) is 20.1 Å². The molecule has 2 heteroatoms. The van der Waals surface area contributed by atoms with Crippen LogP contribution in [0.4, 0.5) is 0 Å². The highest BCUT2D eigenvalue weighted by molar-refractivity contribution is 7.96. The monoisotopic (exact) mass is 131 g/mol. The Morgan fingerprint density at radius 3 is 2.38 bits per heavy atom. The minimum atomic E-state index is 0.435. The summed E-state index contributed by atoms with van der Waals surface area (Å²) in [6.45, 7) is 7.92. The van der Waals surface area contributed by atoms with E-state index in [2.05, 4.69) is 18.2 Å². The lowest BCUT2D eigenvalue weighted by Gasteiger charge is -2.09. The van der Waals surface area contributed by atoms with E-state index in [0.29, 0.717) is 6.04 Å². The van der Waals surface area contributed by atoms with Gasteiger partial charge in [-0.1, -0.05) is 24.1 Å². The molecule has 0 radical (unpaired) electrons. The summed E-state index contributed by atoms with van der Waals surface area (Å²) in [5.74, 6) is 0. The Labute approximate surface area is 55.7 Å². The van der Waals surface area contributed by atoms with Crippen LogP contribution < -0.4 is 4.72 Å². The zero-order valence-electron chi connectivity index (χ0n) is 5.69. The normalized spacial score (nSPS) is 13.4. The van der Waals surface area contributed by atoms with Crippen LogP contribution >= 0.6 is 11.9 Å². The fourth-order valence-corrected chi connectivity index (χ4v) is 0.832. The van der Waals surface area contributed by atoms with Crippen LogP contribution in [-0.2, 0) is 0 Å². The van der Waals surface area contributed by atoms with Crippen LogP contribution in [-0.4, -0.2) is 12.3 Å². The maximum Gasteiger partial charge on any atom is 0.0347 e. The van der Waals surface area contributed by atoms with Gasteiger partial charge >= 0.3 is 0 Å². The lowest BCUT2D eigenvalue weighted by molar-refractivity contribution is 0.803. The molecule has 0 fully saturated rings. The van der Waals surface area contributed by atoms with Crippen LogP contribution in [0.2, 0.25) is 0 Å². The van der Waals surface area contributed by atoms with E-state index in [1.165, 1.54) is 5.57 Å². The van der Waals surface area contributed by atoms with Gasteiger partial charge in [0.25, 0.3) is 0 Å². The smallest absolute Gasteiger partial charge is 0.0347 e. The number of hydrogen-bond acceptors (Lipinski definition) is 2. The predicted molar refractivity (Wildman–Crippen MR) is 40.9 cm³/mol. The number of hydrogen-bond donors (Lipinski definition) is 1. The fraction of sp³-hybridized carbons (Fsp3) is 0.667. The Hall–Kier alpha value is 0.0500. The van der Waals surface area contributed by atoms with E-state index in [1.807, 2.05) is 13.2 Å². The zero-order chi connectivity index (χ0) is 6.57. The van der Waals surface area contributed by atoms with E-state index in [4.69, 9.17) is 0 Å². The van der Waals surface area contributed by atoms with Crippen molar-refractivity contribution in [3.63, 3.8) is 0 Å². The molecule has 0 aromatic heterocycles. The van der Waals surface area contributed by atoms with Gasteiger partial charge in [0.1, 0.15) is 0 Å². The van der Waals surface area contributed by atoms with E-state index in [-0.39, 0.29) is 0 Å². The van der Waals surface area contributed by atoms with Crippen LogP contribution in [0.25, 0.3) is 0 Å². The Morgan fingerprint density at radius 2 is 2.25 bits per heavy atom. The summed E-state index contributed by atoms with van der Waals surface area (Å²) in [5, 5.41) is 0. The summed E-state index contributed by atoms with van der Waals surface area (Å²) in [4.78, 5) is 0. The van der Waals surface area contributed by atoms with Crippen molar-refractivity contribution in [2.45, 2.75) is 19.9 Å². The van der Waals surface area contributed by atoms with E-state index in [0.717, 1.165) is 0 Å². The molecule has 0 bridgehead atoms. The van der Waals surface area contributed by atoms with Crippen molar-refractivity contribution in [1.29, 1.82) is 0 Å². The van der Waals surface area contributed by atoms with Crippen molar-refractivity contribution in [3.8, 4) is 0 Å². The standard InChI is InChI=1S/C6H13NS/c1-5(2)6(3)7-8-4/h6-7H,1H2,2-4H3. The first-order valence-corrected chi connectivity index (χ1v) is 3.85. The summed E-state index contributed by atoms with van der Waals surface area (Å²) >= 11 is 1.63. The highest BCUT2D eigenvalue weighted by Crippen LogP contribution is 1.98. The van der Waals surface area contributed by atoms with Gasteiger partial charge in [0.15, 0.2) is 0 Å². The summed E-state index contributed by atoms with van der Waals surface area (Å²) in [6.07, 6.45) is 2.01. The average molecular weight is 131 g/mol. The van der Waals surface area contributed by atoms with Gasteiger partial charge in [-0.3, -0.25) is 4.72 Å². The van der Waals surface area contributed by atoms with Crippen molar-refractivity contribution < 1.29 is 0 Å². The van der Waals surface area contributed by atoms with Gasteiger partial charge in [0, 0.05) is 6.04 Å². The number of nitrogens with one attached hydrogen (secondary N) is 1. The molecule has 0 rings (SSSR count).